The van der Waals surface area contributed by atoms with Gasteiger partial charge in [0.25, 0.3) is 0 Å². The Morgan fingerprint density at radius 2 is 2.36 bits per heavy atom. The van der Waals surface area contributed by atoms with Crippen molar-refractivity contribution in [3.05, 3.63) is 34.0 Å². The first-order valence-corrected chi connectivity index (χ1v) is 5.13. The molecule has 74 valence electrons. The quantitative estimate of drug-likeness (QED) is 0.810. The number of hydrogen-bond donors (Lipinski definition) is 1. The first-order valence-electron chi connectivity index (χ1n) is 4.25. The van der Waals surface area contributed by atoms with Crippen molar-refractivity contribution >= 4 is 11.3 Å². The van der Waals surface area contributed by atoms with E-state index in [1.165, 1.54) is 11.3 Å². The van der Waals surface area contributed by atoms with Crippen LogP contribution >= 0.6 is 11.3 Å². The molecule has 0 amide bonds. The standard InChI is InChI=1S/C9H11N3OS/c1-6-11-8(5-14-6)9(13)7-3-10-12(2)4-7/h3-5,9,13H,1-2H3. The lowest BCUT2D eigenvalue weighted by molar-refractivity contribution is 0.216. The molecule has 0 spiro atoms. The molecule has 0 saturated heterocycles. The van der Waals surface area contributed by atoms with Crippen LogP contribution in [0.5, 0.6) is 0 Å². The molecule has 0 bridgehead atoms. The molecule has 0 aliphatic rings. The second kappa shape index (κ2) is 3.51. The Hall–Kier alpha value is -1.20. The normalized spacial score (nSPS) is 13.1. The lowest BCUT2D eigenvalue weighted by atomic mass is 10.1. The highest BCUT2D eigenvalue weighted by atomic mass is 32.1. The predicted molar refractivity (Wildman–Crippen MR) is 54.1 cm³/mol. The highest BCUT2D eigenvalue weighted by Crippen LogP contribution is 2.22. The number of aliphatic hydroxyl groups excluding tert-OH is 1. The van der Waals surface area contributed by atoms with Gasteiger partial charge in [0.15, 0.2) is 0 Å². The third-order valence-corrected chi connectivity index (χ3v) is 2.75. The van der Waals surface area contributed by atoms with Crippen LogP contribution in [-0.4, -0.2) is 19.9 Å². The van der Waals surface area contributed by atoms with Crippen LogP contribution < -0.4 is 0 Å². The number of hydrogen-bond acceptors (Lipinski definition) is 4. The van der Waals surface area contributed by atoms with E-state index in [1.807, 2.05) is 19.4 Å². The van der Waals surface area contributed by atoms with E-state index < -0.39 is 6.10 Å². The number of aromatic nitrogens is 3. The van der Waals surface area contributed by atoms with Crippen molar-refractivity contribution in [2.45, 2.75) is 13.0 Å². The van der Waals surface area contributed by atoms with E-state index in [4.69, 9.17) is 0 Å². The fourth-order valence-corrected chi connectivity index (χ4v) is 1.89. The molecular formula is C9H11N3OS. The molecule has 2 heterocycles. The number of aryl methyl sites for hydroxylation is 2. The Kier molecular flexibility index (Phi) is 2.35. The van der Waals surface area contributed by atoms with E-state index >= 15 is 0 Å². The van der Waals surface area contributed by atoms with Gasteiger partial charge >= 0.3 is 0 Å². The van der Waals surface area contributed by atoms with Crippen LogP contribution in [0.2, 0.25) is 0 Å². The van der Waals surface area contributed by atoms with E-state index in [0.29, 0.717) is 5.69 Å². The molecule has 0 aromatic carbocycles. The van der Waals surface area contributed by atoms with E-state index in [2.05, 4.69) is 10.1 Å². The van der Waals surface area contributed by atoms with E-state index in [0.717, 1.165) is 10.6 Å². The molecule has 2 rings (SSSR count). The molecule has 0 aliphatic heterocycles. The third-order valence-electron chi connectivity index (χ3n) is 1.96. The maximum absolute atomic E-state index is 9.91. The zero-order valence-electron chi connectivity index (χ0n) is 8.01. The van der Waals surface area contributed by atoms with Gasteiger partial charge in [-0.25, -0.2) is 4.98 Å². The van der Waals surface area contributed by atoms with Gasteiger partial charge < -0.3 is 5.11 Å². The van der Waals surface area contributed by atoms with Gasteiger partial charge in [0.1, 0.15) is 6.10 Å². The Bertz CT molecular complexity index is 394. The molecule has 2 aromatic rings. The average Bonchev–Trinajstić information content (AvgIpc) is 2.73. The van der Waals surface area contributed by atoms with Gasteiger partial charge in [-0.3, -0.25) is 4.68 Å². The Balaban J connectivity index is 2.28. The summed E-state index contributed by atoms with van der Waals surface area (Å²) in [6, 6.07) is 0. The van der Waals surface area contributed by atoms with E-state index in [1.54, 1.807) is 17.1 Å². The largest absolute Gasteiger partial charge is 0.382 e. The van der Waals surface area contributed by atoms with Crippen LogP contribution in [0.4, 0.5) is 0 Å². The van der Waals surface area contributed by atoms with Gasteiger partial charge in [-0.15, -0.1) is 11.3 Å². The summed E-state index contributed by atoms with van der Waals surface area (Å²) in [5.41, 5.74) is 1.47. The van der Waals surface area contributed by atoms with Crippen molar-refractivity contribution in [1.82, 2.24) is 14.8 Å². The van der Waals surface area contributed by atoms with Crippen molar-refractivity contribution in [2.24, 2.45) is 7.05 Å². The molecule has 0 fully saturated rings. The van der Waals surface area contributed by atoms with Crippen LogP contribution in [0.25, 0.3) is 0 Å². The molecule has 1 N–H and O–H groups in total. The van der Waals surface area contributed by atoms with Crippen LogP contribution in [0.1, 0.15) is 22.4 Å². The summed E-state index contributed by atoms with van der Waals surface area (Å²) in [6.45, 7) is 1.92. The molecule has 0 aliphatic carbocycles. The molecule has 1 atom stereocenters. The SMILES string of the molecule is Cc1nc(C(O)c2cnn(C)c2)cs1. The minimum atomic E-state index is -0.659. The van der Waals surface area contributed by atoms with Crippen molar-refractivity contribution < 1.29 is 5.11 Å². The fourth-order valence-electron chi connectivity index (χ4n) is 1.26. The average molecular weight is 209 g/mol. The predicted octanol–water partition coefficient (Wildman–Crippen LogP) is 1.27. The Labute approximate surface area is 85.8 Å². The Morgan fingerprint density at radius 1 is 1.57 bits per heavy atom. The second-order valence-corrected chi connectivity index (χ2v) is 4.20. The highest BCUT2D eigenvalue weighted by Gasteiger charge is 2.14. The van der Waals surface area contributed by atoms with E-state index in [9.17, 15) is 5.11 Å². The number of rotatable bonds is 2. The zero-order valence-corrected chi connectivity index (χ0v) is 8.82. The van der Waals surface area contributed by atoms with Gasteiger partial charge in [0.2, 0.25) is 0 Å². The lowest BCUT2D eigenvalue weighted by Crippen LogP contribution is -1.98. The molecule has 5 heteroatoms. The zero-order chi connectivity index (χ0) is 10.1. The molecule has 1 unspecified atom stereocenters. The monoisotopic (exact) mass is 209 g/mol. The number of nitrogens with zero attached hydrogens (tertiary/aromatic N) is 3. The van der Waals surface area contributed by atoms with Crippen LogP contribution in [-0.2, 0) is 7.05 Å². The van der Waals surface area contributed by atoms with Crippen LogP contribution in [0.3, 0.4) is 0 Å². The lowest BCUT2D eigenvalue weighted by Gasteiger charge is -2.03. The summed E-state index contributed by atoms with van der Waals surface area (Å²) in [4.78, 5) is 4.23. The van der Waals surface area contributed by atoms with Crippen molar-refractivity contribution in [1.29, 1.82) is 0 Å². The second-order valence-electron chi connectivity index (χ2n) is 3.14. The summed E-state index contributed by atoms with van der Waals surface area (Å²) in [7, 11) is 1.82. The van der Waals surface area contributed by atoms with Gasteiger partial charge in [-0.05, 0) is 6.92 Å². The summed E-state index contributed by atoms with van der Waals surface area (Å²) >= 11 is 1.54. The van der Waals surface area contributed by atoms with Crippen LogP contribution in [0.15, 0.2) is 17.8 Å². The van der Waals surface area contributed by atoms with Crippen molar-refractivity contribution in [3.8, 4) is 0 Å². The van der Waals surface area contributed by atoms with Crippen molar-refractivity contribution in [3.63, 3.8) is 0 Å². The first kappa shape index (κ1) is 9.36. The molecular weight excluding hydrogens is 198 g/mol. The highest BCUT2D eigenvalue weighted by molar-refractivity contribution is 7.09. The third kappa shape index (κ3) is 1.69. The van der Waals surface area contributed by atoms with Gasteiger partial charge in [-0.2, -0.15) is 5.10 Å². The summed E-state index contributed by atoms with van der Waals surface area (Å²) in [5.74, 6) is 0. The number of thiazole rings is 1. The molecule has 0 radical (unpaired) electrons. The van der Waals surface area contributed by atoms with E-state index in [-0.39, 0.29) is 0 Å². The molecule has 4 nitrogen and oxygen atoms in total. The smallest absolute Gasteiger partial charge is 0.125 e. The molecule has 0 saturated carbocycles. The maximum atomic E-state index is 9.91. The minimum Gasteiger partial charge on any atom is -0.382 e. The number of aliphatic hydroxyl groups is 1. The van der Waals surface area contributed by atoms with Crippen LogP contribution in [0, 0.1) is 6.92 Å². The summed E-state index contributed by atoms with van der Waals surface area (Å²) < 4.78 is 1.66. The molecule has 2 aromatic heterocycles. The van der Waals surface area contributed by atoms with Crippen molar-refractivity contribution in [2.75, 3.05) is 0 Å². The fraction of sp³-hybridized carbons (Fsp3) is 0.333. The summed E-state index contributed by atoms with van der Waals surface area (Å²) in [6.07, 6.45) is 2.78. The molecule has 14 heavy (non-hydrogen) atoms. The van der Waals surface area contributed by atoms with Gasteiger partial charge in [0.05, 0.1) is 16.9 Å². The van der Waals surface area contributed by atoms with Gasteiger partial charge in [0, 0.05) is 24.2 Å². The maximum Gasteiger partial charge on any atom is 0.125 e. The Morgan fingerprint density at radius 3 is 2.86 bits per heavy atom. The topological polar surface area (TPSA) is 50.9 Å². The first-order chi connectivity index (χ1) is 6.66. The summed E-state index contributed by atoms with van der Waals surface area (Å²) in [5, 5.41) is 16.7. The minimum absolute atomic E-state index is 0.659. The van der Waals surface area contributed by atoms with Gasteiger partial charge in [-0.1, -0.05) is 0 Å².